The number of nitrogens with two attached hydrogens (primary N) is 1. The van der Waals surface area contributed by atoms with Crippen molar-refractivity contribution in [3.8, 4) is 11.5 Å². The van der Waals surface area contributed by atoms with Gasteiger partial charge in [-0.2, -0.15) is 0 Å². The van der Waals surface area contributed by atoms with Gasteiger partial charge in [0.25, 0.3) is 0 Å². The third-order valence-electron chi connectivity index (χ3n) is 4.09. The minimum absolute atomic E-state index is 0.529. The van der Waals surface area contributed by atoms with Crippen LogP contribution in [0.5, 0.6) is 11.5 Å². The maximum atomic E-state index is 6.09. The van der Waals surface area contributed by atoms with Crippen LogP contribution < -0.4 is 20.5 Å². The smallest absolute Gasteiger partial charge is 0.163 e. The predicted octanol–water partition coefficient (Wildman–Crippen LogP) is 3.03. The Bertz CT molecular complexity index is 454. The molecule has 1 aliphatic heterocycles. The van der Waals surface area contributed by atoms with Gasteiger partial charge in [-0.15, -0.1) is 0 Å². The van der Waals surface area contributed by atoms with Crippen molar-refractivity contribution < 1.29 is 9.47 Å². The molecule has 1 aromatic rings. The van der Waals surface area contributed by atoms with Gasteiger partial charge in [-0.1, -0.05) is 6.92 Å². The molecule has 0 radical (unpaired) electrons. The second-order valence-corrected chi connectivity index (χ2v) is 5.68. The highest BCUT2D eigenvalue weighted by atomic mass is 16.6. The van der Waals surface area contributed by atoms with E-state index in [1.165, 1.54) is 25.7 Å². The van der Waals surface area contributed by atoms with Gasteiger partial charge in [0.05, 0.1) is 11.4 Å². The van der Waals surface area contributed by atoms with Crippen LogP contribution in [0.1, 0.15) is 32.6 Å². The summed E-state index contributed by atoms with van der Waals surface area (Å²) in [7, 11) is 0. The number of benzene rings is 1. The Kier molecular flexibility index (Phi) is 3.40. The molecule has 3 N–H and O–H groups in total. The third kappa shape index (κ3) is 2.72. The Morgan fingerprint density at radius 3 is 2.37 bits per heavy atom. The number of anilines is 2. The highest BCUT2D eigenvalue weighted by molar-refractivity contribution is 5.72. The molecule has 19 heavy (non-hydrogen) atoms. The van der Waals surface area contributed by atoms with Crippen molar-refractivity contribution in [2.24, 2.45) is 5.92 Å². The first-order valence-electron chi connectivity index (χ1n) is 7.18. The standard InChI is InChI=1S/C15H22N2O2/c1-10-2-4-11(5-3-10)17-13-9-15-14(8-12(13)16)18-6-7-19-15/h8-11,17H,2-7,16H2,1H3. The van der Waals surface area contributed by atoms with Crippen molar-refractivity contribution in [1.29, 1.82) is 0 Å². The first-order valence-corrected chi connectivity index (χ1v) is 7.18. The van der Waals surface area contributed by atoms with E-state index in [0.29, 0.717) is 19.3 Å². The molecule has 1 saturated carbocycles. The molecule has 0 aromatic heterocycles. The molecular weight excluding hydrogens is 240 g/mol. The maximum absolute atomic E-state index is 6.09. The zero-order valence-corrected chi connectivity index (χ0v) is 11.4. The number of hydrogen-bond donors (Lipinski definition) is 2. The average Bonchev–Trinajstić information content (AvgIpc) is 2.42. The van der Waals surface area contributed by atoms with Gasteiger partial charge in [0.2, 0.25) is 0 Å². The van der Waals surface area contributed by atoms with Crippen LogP contribution >= 0.6 is 0 Å². The lowest BCUT2D eigenvalue weighted by atomic mass is 9.87. The van der Waals surface area contributed by atoms with E-state index in [2.05, 4.69) is 12.2 Å². The summed E-state index contributed by atoms with van der Waals surface area (Å²) in [6.07, 6.45) is 5.02. The third-order valence-corrected chi connectivity index (χ3v) is 4.09. The maximum Gasteiger partial charge on any atom is 0.163 e. The van der Waals surface area contributed by atoms with E-state index in [1.807, 2.05) is 12.1 Å². The SMILES string of the molecule is CC1CCC(Nc2cc3c(cc2N)OCCO3)CC1. The first kappa shape index (κ1) is 12.5. The summed E-state index contributed by atoms with van der Waals surface area (Å²) in [5.74, 6) is 2.41. The number of ether oxygens (including phenoxy) is 2. The second-order valence-electron chi connectivity index (χ2n) is 5.68. The summed E-state index contributed by atoms with van der Waals surface area (Å²) in [5.41, 5.74) is 7.81. The van der Waals surface area contributed by atoms with Gasteiger partial charge in [0.15, 0.2) is 11.5 Å². The number of rotatable bonds is 2. The lowest BCUT2D eigenvalue weighted by Crippen LogP contribution is -2.25. The summed E-state index contributed by atoms with van der Waals surface area (Å²) < 4.78 is 11.1. The molecule has 1 fully saturated rings. The van der Waals surface area contributed by atoms with E-state index >= 15 is 0 Å². The fourth-order valence-corrected chi connectivity index (χ4v) is 2.85. The van der Waals surface area contributed by atoms with E-state index in [0.717, 1.165) is 28.8 Å². The van der Waals surface area contributed by atoms with Gasteiger partial charge < -0.3 is 20.5 Å². The Morgan fingerprint density at radius 2 is 1.68 bits per heavy atom. The van der Waals surface area contributed by atoms with E-state index in [-0.39, 0.29) is 0 Å². The summed E-state index contributed by atoms with van der Waals surface area (Å²) in [4.78, 5) is 0. The van der Waals surface area contributed by atoms with Gasteiger partial charge in [0.1, 0.15) is 13.2 Å². The zero-order chi connectivity index (χ0) is 13.2. The fraction of sp³-hybridized carbons (Fsp3) is 0.600. The molecule has 0 atom stereocenters. The Labute approximate surface area is 114 Å². The molecule has 1 aliphatic carbocycles. The molecule has 0 spiro atoms. The van der Waals surface area contributed by atoms with Crippen LogP contribution in [0.25, 0.3) is 0 Å². The number of nitrogen functional groups attached to an aromatic ring is 1. The highest BCUT2D eigenvalue weighted by Crippen LogP contribution is 2.38. The minimum Gasteiger partial charge on any atom is -0.486 e. The van der Waals surface area contributed by atoms with Crippen molar-refractivity contribution in [2.45, 2.75) is 38.6 Å². The zero-order valence-electron chi connectivity index (χ0n) is 11.4. The van der Waals surface area contributed by atoms with Crippen LogP contribution in [0.2, 0.25) is 0 Å². The molecule has 4 heteroatoms. The van der Waals surface area contributed by atoms with Crippen molar-refractivity contribution in [3.63, 3.8) is 0 Å². The van der Waals surface area contributed by atoms with Gasteiger partial charge in [-0.3, -0.25) is 0 Å². The molecule has 3 rings (SSSR count). The predicted molar refractivity (Wildman–Crippen MR) is 76.9 cm³/mol. The summed E-state index contributed by atoms with van der Waals surface area (Å²) in [6.45, 7) is 3.53. The Balaban J connectivity index is 1.73. The van der Waals surface area contributed by atoms with Crippen LogP contribution in [0.3, 0.4) is 0 Å². The van der Waals surface area contributed by atoms with Crippen LogP contribution in [-0.2, 0) is 0 Å². The molecule has 0 saturated heterocycles. The normalized spacial score (nSPS) is 25.9. The van der Waals surface area contributed by atoms with Crippen molar-refractivity contribution >= 4 is 11.4 Å². The molecule has 0 bridgehead atoms. The van der Waals surface area contributed by atoms with Crippen LogP contribution in [-0.4, -0.2) is 19.3 Å². The van der Waals surface area contributed by atoms with Crippen LogP contribution in [0.4, 0.5) is 11.4 Å². The lowest BCUT2D eigenvalue weighted by molar-refractivity contribution is 0.172. The van der Waals surface area contributed by atoms with E-state index in [4.69, 9.17) is 15.2 Å². The van der Waals surface area contributed by atoms with Crippen molar-refractivity contribution in [3.05, 3.63) is 12.1 Å². The molecule has 0 amide bonds. The molecule has 4 nitrogen and oxygen atoms in total. The fourth-order valence-electron chi connectivity index (χ4n) is 2.85. The summed E-state index contributed by atoms with van der Waals surface area (Å²) in [5, 5.41) is 3.56. The van der Waals surface area contributed by atoms with Crippen LogP contribution in [0, 0.1) is 5.92 Å². The lowest BCUT2D eigenvalue weighted by Gasteiger charge is -2.29. The molecule has 1 heterocycles. The first-order chi connectivity index (χ1) is 9.22. The number of hydrogen-bond acceptors (Lipinski definition) is 4. The van der Waals surface area contributed by atoms with Crippen LogP contribution in [0.15, 0.2) is 12.1 Å². The summed E-state index contributed by atoms with van der Waals surface area (Å²) >= 11 is 0. The molecule has 104 valence electrons. The quantitative estimate of drug-likeness (QED) is 0.804. The van der Waals surface area contributed by atoms with E-state index in [1.54, 1.807) is 0 Å². The van der Waals surface area contributed by atoms with E-state index < -0.39 is 0 Å². The molecule has 2 aliphatic rings. The monoisotopic (exact) mass is 262 g/mol. The molecule has 0 unspecified atom stereocenters. The largest absolute Gasteiger partial charge is 0.486 e. The number of nitrogens with one attached hydrogen (secondary N) is 1. The van der Waals surface area contributed by atoms with Crippen molar-refractivity contribution in [1.82, 2.24) is 0 Å². The Hall–Kier alpha value is -1.58. The molecular formula is C15H22N2O2. The van der Waals surface area contributed by atoms with Crippen molar-refractivity contribution in [2.75, 3.05) is 24.3 Å². The average molecular weight is 262 g/mol. The van der Waals surface area contributed by atoms with E-state index in [9.17, 15) is 0 Å². The topological polar surface area (TPSA) is 56.5 Å². The minimum atomic E-state index is 0.529. The number of fused-ring (bicyclic) bond motifs is 1. The second kappa shape index (κ2) is 5.19. The molecule has 1 aromatic carbocycles. The Morgan fingerprint density at radius 1 is 1.05 bits per heavy atom. The van der Waals surface area contributed by atoms with Gasteiger partial charge >= 0.3 is 0 Å². The highest BCUT2D eigenvalue weighted by Gasteiger charge is 2.20. The van der Waals surface area contributed by atoms with Gasteiger partial charge in [0, 0.05) is 18.2 Å². The van der Waals surface area contributed by atoms with Gasteiger partial charge in [-0.25, -0.2) is 0 Å². The van der Waals surface area contributed by atoms with Gasteiger partial charge in [-0.05, 0) is 31.6 Å². The summed E-state index contributed by atoms with van der Waals surface area (Å²) in [6, 6.07) is 4.37.